The van der Waals surface area contributed by atoms with Crippen LogP contribution in [0.3, 0.4) is 0 Å². The van der Waals surface area contributed by atoms with Crippen LogP contribution in [0.1, 0.15) is 26.3 Å². The van der Waals surface area contributed by atoms with Gasteiger partial charge in [-0.1, -0.05) is 56.4 Å². The number of fused-ring (bicyclic) bond motifs is 1. The third kappa shape index (κ3) is 3.68. The quantitative estimate of drug-likeness (QED) is 0.704. The minimum Gasteiger partial charge on any atom is -0.410 e. The van der Waals surface area contributed by atoms with E-state index in [2.05, 4.69) is 43.2 Å². The highest BCUT2D eigenvalue weighted by molar-refractivity contribution is 7.22. The molecule has 0 radical (unpaired) electrons. The summed E-state index contributed by atoms with van der Waals surface area (Å²) in [5.74, 6) is 0.501. The molecular formula is C18H18N2O2S. The predicted molar refractivity (Wildman–Crippen MR) is 94.4 cm³/mol. The van der Waals surface area contributed by atoms with Crippen molar-refractivity contribution in [2.45, 2.75) is 26.2 Å². The molecule has 0 bridgehead atoms. The maximum absolute atomic E-state index is 11.9. The zero-order chi connectivity index (χ0) is 16.4. The largest absolute Gasteiger partial charge is 0.418 e. The van der Waals surface area contributed by atoms with Crippen molar-refractivity contribution in [2.24, 2.45) is 0 Å². The number of aromatic nitrogens is 1. The first-order valence-corrected chi connectivity index (χ1v) is 8.18. The van der Waals surface area contributed by atoms with Gasteiger partial charge in [0.25, 0.3) is 0 Å². The van der Waals surface area contributed by atoms with Gasteiger partial charge < -0.3 is 4.74 Å². The second kappa shape index (κ2) is 6.01. The molecular weight excluding hydrogens is 308 g/mol. The van der Waals surface area contributed by atoms with Gasteiger partial charge in [-0.25, -0.2) is 9.78 Å². The number of hydrogen-bond donors (Lipinski definition) is 1. The van der Waals surface area contributed by atoms with Gasteiger partial charge in [-0.3, -0.25) is 5.32 Å². The van der Waals surface area contributed by atoms with E-state index in [0.717, 1.165) is 10.2 Å². The summed E-state index contributed by atoms with van der Waals surface area (Å²) in [6.07, 6.45) is -0.536. The molecule has 1 amide bonds. The van der Waals surface area contributed by atoms with Crippen molar-refractivity contribution in [3.05, 3.63) is 54.1 Å². The zero-order valence-corrected chi connectivity index (χ0v) is 14.1. The average Bonchev–Trinajstić information content (AvgIpc) is 2.88. The Morgan fingerprint density at radius 3 is 2.57 bits per heavy atom. The van der Waals surface area contributed by atoms with Crippen LogP contribution in [0.25, 0.3) is 10.2 Å². The standard InChI is InChI=1S/C18H18N2O2S/c1-18(2,3)12-9-10-14-15(11-12)23-16(19-14)20-17(21)22-13-7-5-4-6-8-13/h4-11H,1-3H3,(H,19,20,21). The van der Waals surface area contributed by atoms with E-state index in [-0.39, 0.29) is 5.41 Å². The Bertz CT molecular complexity index is 835. The number of rotatable bonds is 2. The number of nitrogens with zero attached hydrogens (tertiary/aromatic N) is 1. The predicted octanol–water partition coefficient (Wildman–Crippen LogP) is 5.20. The van der Waals surface area contributed by atoms with E-state index in [0.29, 0.717) is 10.9 Å². The lowest BCUT2D eigenvalue weighted by Crippen LogP contribution is -2.16. The number of benzene rings is 2. The van der Waals surface area contributed by atoms with Crippen molar-refractivity contribution >= 4 is 32.8 Å². The lowest BCUT2D eigenvalue weighted by Gasteiger charge is -2.18. The summed E-state index contributed by atoms with van der Waals surface area (Å²) in [4.78, 5) is 16.3. The summed E-state index contributed by atoms with van der Waals surface area (Å²) < 4.78 is 6.26. The third-order valence-electron chi connectivity index (χ3n) is 3.42. The van der Waals surface area contributed by atoms with E-state index in [1.54, 1.807) is 12.1 Å². The first-order chi connectivity index (χ1) is 10.9. The molecule has 0 saturated carbocycles. The number of carbonyl (C=O) groups excluding carboxylic acids is 1. The minimum atomic E-state index is -0.536. The molecule has 3 rings (SSSR count). The van der Waals surface area contributed by atoms with Gasteiger partial charge in [-0.2, -0.15) is 0 Å². The number of ether oxygens (including phenoxy) is 1. The molecule has 0 aliphatic carbocycles. The zero-order valence-electron chi connectivity index (χ0n) is 13.3. The molecule has 4 nitrogen and oxygen atoms in total. The van der Waals surface area contributed by atoms with E-state index >= 15 is 0 Å². The normalized spacial score (nSPS) is 11.4. The fourth-order valence-electron chi connectivity index (χ4n) is 2.15. The fourth-order valence-corrected chi connectivity index (χ4v) is 3.04. The second-order valence-electron chi connectivity index (χ2n) is 6.28. The second-order valence-corrected chi connectivity index (χ2v) is 7.31. The number of anilines is 1. The van der Waals surface area contributed by atoms with E-state index in [9.17, 15) is 4.79 Å². The lowest BCUT2D eigenvalue weighted by atomic mass is 9.87. The molecule has 2 aromatic carbocycles. The molecule has 0 fully saturated rings. The number of carbonyl (C=O) groups is 1. The summed E-state index contributed by atoms with van der Waals surface area (Å²) in [6, 6.07) is 15.1. The van der Waals surface area contributed by atoms with Crippen molar-refractivity contribution in [3.63, 3.8) is 0 Å². The Morgan fingerprint density at radius 1 is 1.13 bits per heavy atom. The number of para-hydroxylation sites is 1. The van der Waals surface area contributed by atoms with Crippen LogP contribution in [0.2, 0.25) is 0 Å². The van der Waals surface area contributed by atoms with E-state index in [1.807, 2.05) is 24.3 Å². The fraction of sp³-hybridized carbons (Fsp3) is 0.222. The molecule has 0 unspecified atom stereocenters. The maximum atomic E-state index is 11.9. The van der Waals surface area contributed by atoms with Crippen molar-refractivity contribution < 1.29 is 9.53 Å². The third-order valence-corrected chi connectivity index (χ3v) is 4.35. The Hall–Kier alpha value is -2.40. The molecule has 1 N–H and O–H groups in total. The molecule has 0 aliphatic heterocycles. The Balaban J connectivity index is 1.77. The number of hydrogen-bond acceptors (Lipinski definition) is 4. The monoisotopic (exact) mass is 326 g/mol. The van der Waals surface area contributed by atoms with Gasteiger partial charge in [0.1, 0.15) is 5.75 Å². The van der Waals surface area contributed by atoms with Crippen molar-refractivity contribution in [1.82, 2.24) is 4.98 Å². The van der Waals surface area contributed by atoms with E-state index in [1.165, 1.54) is 16.9 Å². The number of nitrogens with one attached hydrogen (secondary N) is 1. The highest BCUT2D eigenvalue weighted by Gasteiger charge is 2.16. The van der Waals surface area contributed by atoms with Gasteiger partial charge in [0, 0.05) is 0 Å². The maximum Gasteiger partial charge on any atom is 0.418 e. The lowest BCUT2D eigenvalue weighted by molar-refractivity contribution is 0.215. The molecule has 3 aromatic rings. The minimum absolute atomic E-state index is 0.0814. The Morgan fingerprint density at radius 2 is 1.87 bits per heavy atom. The van der Waals surface area contributed by atoms with Gasteiger partial charge in [-0.05, 0) is 35.2 Å². The topological polar surface area (TPSA) is 51.2 Å². The van der Waals surface area contributed by atoms with Crippen LogP contribution in [0.4, 0.5) is 9.93 Å². The van der Waals surface area contributed by atoms with Crippen LogP contribution < -0.4 is 10.1 Å². The summed E-state index contributed by atoms with van der Waals surface area (Å²) in [5.41, 5.74) is 2.20. The van der Waals surface area contributed by atoms with Gasteiger partial charge in [0.2, 0.25) is 0 Å². The van der Waals surface area contributed by atoms with Crippen molar-refractivity contribution in [2.75, 3.05) is 5.32 Å². The average molecular weight is 326 g/mol. The van der Waals surface area contributed by atoms with E-state index < -0.39 is 6.09 Å². The van der Waals surface area contributed by atoms with Crippen molar-refractivity contribution in [1.29, 1.82) is 0 Å². The molecule has 1 heterocycles. The van der Waals surface area contributed by atoms with Crippen LogP contribution in [0.15, 0.2) is 48.5 Å². The molecule has 0 saturated heterocycles. The SMILES string of the molecule is CC(C)(C)c1ccc2nc(NC(=O)Oc3ccccc3)sc2c1. The van der Waals surface area contributed by atoms with Crippen LogP contribution in [-0.2, 0) is 5.41 Å². The number of amides is 1. The molecule has 0 spiro atoms. The Kier molecular flexibility index (Phi) is 4.05. The van der Waals surface area contributed by atoms with Crippen molar-refractivity contribution in [3.8, 4) is 5.75 Å². The summed E-state index contributed by atoms with van der Waals surface area (Å²) >= 11 is 1.44. The first kappa shape index (κ1) is 15.5. The van der Waals surface area contributed by atoms with Crippen LogP contribution in [-0.4, -0.2) is 11.1 Å². The first-order valence-electron chi connectivity index (χ1n) is 7.37. The molecule has 118 valence electrons. The summed E-state index contributed by atoms with van der Waals surface area (Å²) in [5, 5.41) is 3.22. The highest BCUT2D eigenvalue weighted by atomic mass is 32.1. The van der Waals surface area contributed by atoms with Crippen LogP contribution >= 0.6 is 11.3 Å². The Labute approximate surface area is 139 Å². The van der Waals surface area contributed by atoms with Gasteiger partial charge in [0.05, 0.1) is 10.2 Å². The van der Waals surface area contributed by atoms with Gasteiger partial charge >= 0.3 is 6.09 Å². The van der Waals surface area contributed by atoms with Gasteiger partial charge in [-0.15, -0.1) is 0 Å². The summed E-state index contributed by atoms with van der Waals surface area (Å²) in [6.45, 7) is 6.52. The molecule has 1 aromatic heterocycles. The highest BCUT2D eigenvalue weighted by Crippen LogP contribution is 2.31. The van der Waals surface area contributed by atoms with E-state index in [4.69, 9.17) is 4.74 Å². The molecule has 0 atom stereocenters. The number of thiazole rings is 1. The summed E-state index contributed by atoms with van der Waals surface area (Å²) in [7, 11) is 0. The smallest absolute Gasteiger partial charge is 0.410 e. The van der Waals surface area contributed by atoms with Gasteiger partial charge in [0.15, 0.2) is 5.13 Å². The molecule has 5 heteroatoms. The molecule has 0 aliphatic rings. The van der Waals surface area contributed by atoms with Crippen LogP contribution in [0, 0.1) is 0 Å². The molecule has 23 heavy (non-hydrogen) atoms. The van der Waals surface area contributed by atoms with Crippen LogP contribution in [0.5, 0.6) is 5.75 Å².